The third-order valence-corrected chi connectivity index (χ3v) is 8.38. The number of amides is 4. The molecule has 3 rings (SSSR count). The van der Waals surface area contributed by atoms with Crippen LogP contribution in [0.2, 0.25) is 0 Å². The van der Waals surface area contributed by atoms with Crippen LogP contribution >= 0.6 is 11.3 Å². The van der Waals surface area contributed by atoms with Crippen molar-refractivity contribution in [1.29, 1.82) is 0 Å². The molecule has 13 heteroatoms. The monoisotopic (exact) mass is 616 g/mol. The normalized spacial score (nSPS) is 15.5. The molecule has 1 saturated carbocycles. The molecule has 1 aliphatic rings. The summed E-state index contributed by atoms with van der Waals surface area (Å²) in [5.41, 5.74) is 2.38. The van der Waals surface area contributed by atoms with Crippen LogP contribution in [0.5, 0.6) is 0 Å². The molecule has 2 aromatic rings. The van der Waals surface area contributed by atoms with Crippen molar-refractivity contribution >= 4 is 40.8 Å². The van der Waals surface area contributed by atoms with Gasteiger partial charge in [0, 0.05) is 6.54 Å². The fraction of sp³-hybridized carbons (Fsp3) is 0.600. The molecule has 236 valence electrons. The van der Waals surface area contributed by atoms with Crippen molar-refractivity contribution in [3.63, 3.8) is 0 Å². The number of hydrogen-bond acceptors (Lipinski definition) is 9. The van der Waals surface area contributed by atoms with Gasteiger partial charge in [-0.05, 0) is 43.6 Å². The molecule has 1 fully saturated rings. The molecule has 4 N–H and O–H groups in total. The van der Waals surface area contributed by atoms with Gasteiger partial charge >= 0.3 is 6.09 Å². The van der Waals surface area contributed by atoms with Crippen LogP contribution in [-0.4, -0.2) is 63.4 Å². The fourth-order valence-corrected chi connectivity index (χ4v) is 5.97. The third kappa shape index (κ3) is 11.9. The van der Waals surface area contributed by atoms with Gasteiger partial charge in [0.2, 0.25) is 23.4 Å². The number of nitrogens with zero attached hydrogens (tertiary/aromatic N) is 3. The van der Waals surface area contributed by atoms with E-state index in [1.54, 1.807) is 0 Å². The number of aromatic nitrogens is 2. The Balaban J connectivity index is 1.61. The van der Waals surface area contributed by atoms with Crippen LogP contribution in [0, 0.1) is 11.8 Å². The molecular weight excluding hydrogens is 572 g/mol. The minimum absolute atomic E-state index is 0.170. The first-order valence-corrected chi connectivity index (χ1v) is 16.0. The van der Waals surface area contributed by atoms with E-state index in [1.165, 1.54) is 23.3 Å². The van der Waals surface area contributed by atoms with Crippen LogP contribution in [0.3, 0.4) is 0 Å². The smallest absolute Gasteiger partial charge is 0.407 e. The minimum atomic E-state index is -0.888. The Hall–Kier alpha value is -3.58. The second-order valence-electron chi connectivity index (χ2n) is 11.0. The van der Waals surface area contributed by atoms with Gasteiger partial charge in [0.15, 0.2) is 0 Å². The third-order valence-electron chi connectivity index (χ3n) is 7.77. The molecule has 1 aromatic heterocycles. The summed E-state index contributed by atoms with van der Waals surface area (Å²) < 4.78 is 5.23. The van der Waals surface area contributed by atoms with Crippen molar-refractivity contribution in [3.05, 3.63) is 41.4 Å². The summed E-state index contributed by atoms with van der Waals surface area (Å²) in [4.78, 5) is 50.6. The van der Waals surface area contributed by atoms with E-state index < -0.39 is 30.0 Å². The maximum absolute atomic E-state index is 13.8. The first kappa shape index (κ1) is 33.9. The Kier molecular flexibility index (Phi) is 14.9. The first-order valence-electron chi connectivity index (χ1n) is 15.2. The van der Waals surface area contributed by atoms with Gasteiger partial charge in [0.1, 0.15) is 18.2 Å². The molecule has 1 aromatic carbocycles. The predicted octanol–water partition coefficient (Wildman–Crippen LogP) is 4.66. The van der Waals surface area contributed by atoms with E-state index in [9.17, 15) is 24.4 Å². The number of benzene rings is 1. The van der Waals surface area contributed by atoms with Gasteiger partial charge in [-0.1, -0.05) is 87.1 Å². The van der Waals surface area contributed by atoms with Gasteiger partial charge < -0.3 is 15.4 Å². The number of carbonyl (C=O) groups is 4. The molecular formula is C30H44N6O6S. The van der Waals surface area contributed by atoms with Gasteiger partial charge in [-0.25, -0.2) is 9.86 Å². The Morgan fingerprint density at radius 3 is 2.56 bits per heavy atom. The molecule has 12 nitrogen and oxygen atoms in total. The Labute approximate surface area is 256 Å². The van der Waals surface area contributed by atoms with Crippen molar-refractivity contribution in [2.24, 2.45) is 11.8 Å². The zero-order chi connectivity index (χ0) is 30.9. The number of carbonyl (C=O) groups excluding carboxylic acids is 4. The Morgan fingerprint density at radius 2 is 1.88 bits per heavy atom. The van der Waals surface area contributed by atoms with Gasteiger partial charge in [0.05, 0.1) is 12.0 Å². The summed E-state index contributed by atoms with van der Waals surface area (Å²) >= 11 is 1.17. The van der Waals surface area contributed by atoms with E-state index in [2.05, 4.69) is 26.1 Å². The second-order valence-corrected chi connectivity index (χ2v) is 11.8. The Morgan fingerprint density at radius 1 is 1.12 bits per heavy atom. The van der Waals surface area contributed by atoms with Crippen LogP contribution in [-0.2, 0) is 25.7 Å². The average Bonchev–Trinajstić information content (AvgIpc) is 3.54. The average molecular weight is 617 g/mol. The molecule has 4 amide bonds. The van der Waals surface area contributed by atoms with E-state index in [0.717, 1.165) is 31.2 Å². The topological polar surface area (TPSA) is 163 Å². The quantitative estimate of drug-likeness (QED) is 0.0813. The molecule has 0 spiro atoms. The predicted molar refractivity (Wildman–Crippen MR) is 162 cm³/mol. The van der Waals surface area contributed by atoms with Crippen LogP contribution in [0.15, 0.2) is 35.8 Å². The van der Waals surface area contributed by atoms with Crippen molar-refractivity contribution in [2.45, 2.75) is 96.2 Å². The van der Waals surface area contributed by atoms with E-state index >= 15 is 0 Å². The number of nitrogens with one attached hydrogen (secondary N) is 3. The summed E-state index contributed by atoms with van der Waals surface area (Å²) in [6, 6.07) is 7.80. The molecule has 1 heterocycles. The summed E-state index contributed by atoms with van der Waals surface area (Å²) in [7, 11) is 0. The van der Waals surface area contributed by atoms with E-state index in [-0.39, 0.29) is 12.5 Å². The van der Waals surface area contributed by atoms with Crippen LogP contribution in [0.1, 0.15) is 83.1 Å². The number of alkyl carbamates (subject to hydrolysis) is 1. The number of ether oxygens (including phenoxy) is 1. The highest BCUT2D eigenvalue weighted by Crippen LogP contribution is 2.32. The van der Waals surface area contributed by atoms with Gasteiger partial charge in [-0.2, -0.15) is 0 Å². The lowest BCUT2D eigenvalue weighted by atomic mass is 9.79. The summed E-state index contributed by atoms with van der Waals surface area (Å²) in [5, 5.41) is 27.3. The lowest BCUT2D eigenvalue weighted by molar-refractivity contribution is -0.170. The highest BCUT2D eigenvalue weighted by Gasteiger charge is 2.36. The van der Waals surface area contributed by atoms with Crippen LogP contribution in [0.4, 0.5) is 9.93 Å². The number of hydroxylamine groups is 2. The number of rotatable bonds is 18. The molecule has 1 aliphatic carbocycles. The number of anilines is 1. The van der Waals surface area contributed by atoms with Crippen molar-refractivity contribution < 1.29 is 29.1 Å². The summed E-state index contributed by atoms with van der Waals surface area (Å²) in [6.45, 7) is 2.45. The lowest BCUT2D eigenvalue weighted by Crippen LogP contribution is -2.51. The molecule has 3 atom stereocenters. The largest absolute Gasteiger partial charge is 0.445 e. The molecule has 0 aliphatic heterocycles. The molecule has 0 unspecified atom stereocenters. The van der Waals surface area contributed by atoms with Crippen molar-refractivity contribution in [3.8, 4) is 0 Å². The molecule has 43 heavy (non-hydrogen) atoms. The SMILES string of the molecule is CCC[C@@H]([C@@H](CC1CCCCC1)C(=O)N[C@@H](CCCCNC(=O)OCc1ccccc1)C(=O)Nc1nncs1)N(O)C=O. The van der Waals surface area contributed by atoms with Gasteiger partial charge in [-0.15, -0.1) is 10.2 Å². The van der Waals surface area contributed by atoms with Crippen LogP contribution < -0.4 is 16.0 Å². The van der Waals surface area contributed by atoms with E-state index in [4.69, 9.17) is 4.74 Å². The number of unbranched alkanes of at least 4 members (excludes halogenated alkanes) is 1. The summed E-state index contributed by atoms with van der Waals surface area (Å²) in [6.07, 6.45) is 8.20. The Bertz CT molecular complexity index is 1120. The summed E-state index contributed by atoms with van der Waals surface area (Å²) in [5.74, 6) is -1.16. The van der Waals surface area contributed by atoms with E-state index in [1.807, 2.05) is 37.3 Å². The maximum Gasteiger partial charge on any atom is 0.407 e. The van der Waals surface area contributed by atoms with Crippen LogP contribution in [0.25, 0.3) is 0 Å². The minimum Gasteiger partial charge on any atom is -0.445 e. The highest BCUT2D eigenvalue weighted by molar-refractivity contribution is 7.13. The van der Waals surface area contributed by atoms with Crippen molar-refractivity contribution in [1.82, 2.24) is 25.9 Å². The van der Waals surface area contributed by atoms with Gasteiger partial charge in [0.25, 0.3) is 0 Å². The maximum atomic E-state index is 13.8. The zero-order valence-corrected chi connectivity index (χ0v) is 25.6. The first-order chi connectivity index (χ1) is 20.9. The number of hydrogen-bond donors (Lipinski definition) is 4. The van der Waals surface area contributed by atoms with Crippen molar-refractivity contribution in [2.75, 3.05) is 11.9 Å². The fourth-order valence-electron chi connectivity index (χ4n) is 5.52. The molecule has 0 saturated heterocycles. The highest BCUT2D eigenvalue weighted by atomic mass is 32.1. The lowest BCUT2D eigenvalue weighted by Gasteiger charge is -2.34. The molecule has 0 bridgehead atoms. The zero-order valence-electron chi connectivity index (χ0n) is 24.8. The standard InChI is InChI=1S/C30H44N6O6S/c1-2-11-26(36(41)21-37)24(18-22-12-5-3-6-13-22)27(38)33-25(28(39)34-29-35-32-20-43-29)16-9-10-17-31-30(40)42-19-23-14-7-4-8-15-23/h4,7-8,14-15,20-22,24-26,41H,2-3,5-6,9-13,16-19H2,1H3,(H,31,40)(H,33,38)(H,34,35,39)/t24-,25+,26+/m1/s1. The van der Waals surface area contributed by atoms with E-state index in [0.29, 0.717) is 67.6 Å². The second kappa shape index (κ2) is 18.9. The van der Waals surface area contributed by atoms with Gasteiger partial charge in [-0.3, -0.25) is 24.9 Å². The molecule has 0 radical (unpaired) electrons.